The first kappa shape index (κ1) is 13.5. The average molecular weight is 264 g/mol. The quantitative estimate of drug-likeness (QED) is 0.768. The van der Waals surface area contributed by atoms with Crippen LogP contribution in [-0.4, -0.2) is 53.7 Å². The number of aliphatic carboxylic acids is 1. The van der Waals surface area contributed by atoms with Crippen molar-refractivity contribution in [3.8, 4) is 0 Å². The third kappa shape index (κ3) is 2.58. The summed E-state index contributed by atoms with van der Waals surface area (Å²) in [5.74, 6) is -1.52. The largest absolute Gasteiger partial charge is 0.480 e. The maximum atomic E-state index is 12.2. The van der Waals surface area contributed by atoms with Crippen LogP contribution < -0.4 is 0 Å². The highest BCUT2D eigenvalue weighted by Gasteiger charge is 2.54. The van der Waals surface area contributed by atoms with Crippen molar-refractivity contribution in [2.45, 2.75) is 6.42 Å². The van der Waals surface area contributed by atoms with E-state index >= 15 is 0 Å². The van der Waals surface area contributed by atoms with Crippen LogP contribution in [-0.2, 0) is 20.7 Å². The van der Waals surface area contributed by atoms with Crippen molar-refractivity contribution < 1.29 is 19.4 Å². The van der Waals surface area contributed by atoms with Crippen molar-refractivity contribution in [3.05, 3.63) is 30.1 Å². The molecule has 0 aliphatic carbocycles. The third-order valence-electron chi connectivity index (χ3n) is 3.29. The van der Waals surface area contributed by atoms with E-state index in [0.717, 1.165) is 5.69 Å². The number of nitrogens with zero attached hydrogens (tertiary/aromatic N) is 2. The van der Waals surface area contributed by atoms with E-state index in [1.807, 2.05) is 18.2 Å². The molecule has 19 heavy (non-hydrogen) atoms. The molecule has 0 bridgehead atoms. The Hall–Kier alpha value is -1.95. The number of carboxylic acids is 1. The molecule has 1 amide bonds. The van der Waals surface area contributed by atoms with Crippen molar-refractivity contribution in [2.24, 2.45) is 5.41 Å². The molecular formula is C13H16N2O4. The maximum Gasteiger partial charge on any atom is 0.324 e. The van der Waals surface area contributed by atoms with Gasteiger partial charge in [0.05, 0.1) is 13.2 Å². The smallest absolute Gasteiger partial charge is 0.324 e. The van der Waals surface area contributed by atoms with Gasteiger partial charge in [0.25, 0.3) is 0 Å². The molecule has 0 aromatic carbocycles. The van der Waals surface area contributed by atoms with E-state index in [1.165, 1.54) is 4.90 Å². The second-order valence-corrected chi connectivity index (χ2v) is 4.68. The molecule has 1 aliphatic heterocycles. The molecular weight excluding hydrogens is 248 g/mol. The molecule has 1 saturated heterocycles. The minimum atomic E-state index is -1.39. The zero-order chi connectivity index (χ0) is 13.9. The number of amides is 1. The molecule has 6 nitrogen and oxygen atoms in total. The van der Waals surface area contributed by atoms with Gasteiger partial charge in [0.15, 0.2) is 5.41 Å². The molecule has 1 aromatic heterocycles. The lowest BCUT2D eigenvalue weighted by atomic mass is 9.84. The lowest BCUT2D eigenvalue weighted by Crippen LogP contribution is -2.59. The second-order valence-electron chi connectivity index (χ2n) is 4.68. The number of hydrogen-bond acceptors (Lipinski definition) is 4. The molecule has 1 aromatic rings. The van der Waals surface area contributed by atoms with E-state index in [0.29, 0.717) is 13.0 Å². The van der Waals surface area contributed by atoms with Crippen LogP contribution in [0.2, 0.25) is 0 Å². The molecule has 2 rings (SSSR count). The molecule has 6 heteroatoms. The van der Waals surface area contributed by atoms with Crippen molar-refractivity contribution >= 4 is 11.9 Å². The highest BCUT2D eigenvalue weighted by Crippen LogP contribution is 2.30. The SMILES string of the molecule is CN(CCc1ccccn1)C(=O)C1(C(=O)O)COC1. The van der Waals surface area contributed by atoms with Crippen LogP contribution in [0.1, 0.15) is 5.69 Å². The van der Waals surface area contributed by atoms with E-state index in [2.05, 4.69) is 4.98 Å². The number of aromatic nitrogens is 1. The lowest BCUT2D eigenvalue weighted by molar-refractivity contribution is -0.190. The highest BCUT2D eigenvalue weighted by atomic mass is 16.5. The molecule has 2 heterocycles. The van der Waals surface area contributed by atoms with Crippen molar-refractivity contribution in [2.75, 3.05) is 26.8 Å². The van der Waals surface area contributed by atoms with Gasteiger partial charge in [-0.3, -0.25) is 14.6 Å². The van der Waals surface area contributed by atoms with Gasteiger partial charge in [-0.1, -0.05) is 6.07 Å². The van der Waals surface area contributed by atoms with Crippen LogP contribution >= 0.6 is 0 Å². The summed E-state index contributed by atoms with van der Waals surface area (Å²) in [6.07, 6.45) is 2.29. The summed E-state index contributed by atoms with van der Waals surface area (Å²) in [5, 5.41) is 9.15. The number of likely N-dealkylation sites (N-methyl/N-ethyl adjacent to an activating group) is 1. The summed E-state index contributed by atoms with van der Waals surface area (Å²) in [7, 11) is 1.61. The standard InChI is InChI=1S/C13H16N2O4/c1-15(7-5-10-4-2-3-6-14-10)11(16)13(12(17)18)8-19-9-13/h2-4,6H,5,7-9H2,1H3,(H,17,18). The number of carbonyl (C=O) groups is 2. The second kappa shape index (κ2) is 5.36. The highest BCUT2D eigenvalue weighted by molar-refractivity contribution is 6.03. The monoisotopic (exact) mass is 264 g/mol. The van der Waals surface area contributed by atoms with Gasteiger partial charge in [-0.25, -0.2) is 0 Å². The van der Waals surface area contributed by atoms with Crippen LogP contribution in [0.4, 0.5) is 0 Å². The van der Waals surface area contributed by atoms with Gasteiger partial charge in [0, 0.05) is 31.9 Å². The van der Waals surface area contributed by atoms with Gasteiger partial charge in [0.1, 0.15) is 0 Å². The summed E-state index contributed by atoms with van der Waals surface area (Å²) in [6, 6.07) is 5.57. The normalized spacial score (nSPS) is 16.5. The topological polar surface area (TPSA) is 79.7 Å². The predicted octanol–water partition coefficient (Wildman–Crippen LogP) is 0.184. The molecule has 0 saturated carbocycles. The summed E-state index contributed by atoms with van der Waals surface area (Å²) in [6.45, 7) is 0.342. The Morgan fingerprint density at radius 3 is 2.68 bits per heavy atom. The molecule has 0 unspecified atom stereocenters. The van der Waals surface area contributed by atoms with Crippen LogP contribution in [0.5, 0.6) is 0 Å². The zero-order valence-electron chi connectivity index (χ0n) is 10.7. The first-order valence-electron chi connectivity index (χ1n) is 6.03. The molecule has 0 spiro atoms. The van der Waals surface area contributed by atoms with E-state index in [4.69, 9.17) is 9.84 Å². The summed E-state index contributed by atoms with van der Waals surface area (Å²) >= 11 is 0. The Morgan fingerprint density at radius 2 is 2.21 bits per heavy atom. The number of carbonyl (C=O) groups excluding carboxylic acids is 1. The number of ether oxygens (including phenoxy) is 1. The molecule has 0 radical (unpaired) electrons. The zero-order valence-corrected chi connectivity index (χ0v) is 10.7. The molecule has 1 fully saturated rings. The van der Waals surface area contributed by atoms with E-state index < -0.39 is 17.3 Å². The van der Waals surface area contributed by atoms with Gasteiger partial charge in [0.2, 0.25) is 5.91 Å². The molecule has 1 N–H and O–H groups in total. The van der Waals surface area contributed by atoms with Crippen LogP contribution in [0.3, 0.4) is 0 Å². The Bertz CT molecular complexity index is 471. The Labute approximate surface area is 111 Å². The van der Waals surface area contributed by atoms with Gasteiger partial charge in [-0.2, -0.15) is 0 Å². The van der Waals surface area contributed by atoms with E-state index in [-0.39, 0.29) is 13.2 Å². The fraction of sp³-hybridized carbons (Fsp3) is 0.462. The van der Waals surface area contributed by atoms with Crippen LogP contribution in [0.15, 0.2) is 24.4 Å². The number of hydrogen-bond donors (Lipinski definition) is 1. The fourth-order valence-electron chi connectivity index (χ4n) is 1.94. The summed E-state index contributed by atoms with van der Waals surface area (Å²) in [4.78, 5) is 28.9. The first-order chi connectivity index (χ1) is 9.06. The maximum absolute atomic E-state index is 12.2. The van der Waals surface area contributed by atoms with Crippen molar-refractivity contribution in [1.82, 2.24) is 9.88 Å². The van der Waals surface area contributed by atoms with Crippen molar-refractivity contribution in [1.29, 1.82) is 0 Å². The molecule has 1 aliphatic rings. The minimum absolute atomic E-state index is 0.0465. The van der Waals surface area contributed by atoms with E-state index in [1.54, 1.807) is 13.2 Å². The minimum Gasteiger partial charge on any atom is -0.480 e. The van der Waals surface area contributed by atoms with E-state index in [9.17, 15) is 9.59 Å². The van der Waals surface area contributed by atoms with Gasteiger partial charge in [-0.05, 0) is 12.1 Å². The van der Waals surface area contributed by atoms with Crippen LogP contribution in [0.25, 0.3) is 0 Å². The van der Waals surface area contributed by atoms with Crippen LogP contribution in [0, 0.1) is 5.41 Å². The Morgan fingerprint density at radius 1 is 1.47 bits per heavy atom. The van der Waals surface area contributed by atoms with Gasteiger partial charge < -0.3 is 14.7 Å². The summed E-state index contributed by atoms with van der Waals surface area (Å²) < 4.78 is 4.89. The molecule has 0 atom stereocenters. The Kier molecular flexibility index (Phi) is 3.80. The fourth-order valence-corrected chi connectivity index (χ4v) is 1.94. The van der Waals surface area contributed by atoms with Gasteiger partial charge >= 0.3 is 5.97 Å². The first-order valence-corrected chi connectivity index (χ1v) is 6.03. The lowest BCUT2D eigenvalue weighted by Gasteiger charge is -2.38. The van der Waals surface area contributed by atoms with Crippen molar-refractivity contribution in [3.63, 3.8) is 0 Å². The predicted molar refractivity (Wildman–Crippen MR) is 66.5 cm³/mol. The van der Waals surface area contributed by atoms with Gasteiger partial charge in [-0.15, -0.1) is 0 Å². The Balaban J connectivity index is 1.94. The number of rotatable bonds is 5. The number of carboxylic acid groups (broad SMARTS) is 1. The third-order valence-corrected chi connectivity index (χ3v) is 3.29. The average Bonchev–Trinajstić information content (AvgIpc) is 2.35. The summed E-state index contributed by atoms with van der Waals surface area (Å²) in [5.41, 5.74) is -0.518. The number of pyridine rings is 1. The molecule has 102 valence electrons.